The maximum atomic E-state index is 5.28. The number of hydrogen-bond donors (Lipinski definition) is 0. The van der Waals surface area contributed by atoms with Crippen LogP contribution in [-0.2, 0) is 0 Å². The van der Waals surface area contributed by atoms with Gasteiger partial charge in [0.05, 0.1) is 7.11 Å². The lowest BCUT2D eigenvalue weighted by Crippen LogP contribution is -2.30. The molecular formula is C28H38O. The van der Waals surface area contributed by atoms with Crippen LogP contribution in [0.25, 0.3) is 11.1 Å². The first kappa shape index (κ1) is 20.5. The minimum Gasteiger partial charge on any atom is -0.497 e. The number of unbranched alkanes of at least 4 members (excludes halogenated alkanes) is 2. The summed E-state index contributed by atoms with van der Waals surface area (Å²) >= 11 is 0. The fourth-order valence-corrected chi connectivity index (χ4v) is 5.97. The van der Waals surface area contributed by atoms with E-state index in [0.29, 0.717) is 0 Å². The Bertz CT molecular complexity index is 745. The van der Waals surface area contributed by atoms with E-state index < -0.39 is 0 Å². The molecule has 1 heteroatoms. The van der Waals surface area contributed by atoms with E-state index in [1.165, 1.54) is 75.3 Å². The number of methoxy groups -OCH3 is 1. The van der Waals surface area contributed by atoms with Gasteiger partial charge in [-0.05, 0) is 84.6 Å². The highest BCUT2D eigenvalue weighted by Crippen LogP contribution is 2.48. The first-order chi connectivity index (χ1) is 14.3. The molecule has 2 aromatic carbocycles. The van der Waals surface area contributed by atoms with Gasteiger partial charge >= 0.3 is 0 Å². The third kappa shape index (κ3) is 5.05. The van der Waals surface area contributed by atoms with Gasteiger partial charge in [-0.3, -0.25) is 0 Å². The Morgan fingerprint density at radius 1 is 0.759 bits per heavy atom. The highest BCUT2D eigenvalue weighted by molar-refractivity contribution is 5.64. The van der Waals surface area contributed by atoms with Crippen molar-refractivity contribution in [2.45, 2.75) is 77.0 Å². The lowest BCUT2D eigenvalue weighted by atomic mass is 9.63. The van der Waals surface area contributed by atoms with E-state index >= 15 is 0 Å². The van der Waals surface area contributed by atoms with Crippen molar-refractivity contribution in [1.82, 2.24) is 0 Å². The molecule has 0 aliphatic heterocycles. The molecule has 0 radical (unpaired) electrons. The van der Waals surface area contributed by atoms with Crippen molar-refractivity contribution < 1.29 is 4.74 Å². The number of benzene rings is 2. The smallest absolute Gasteiger partial charge is 0.118 e. The monoisotopic (exact) mass is 390 g/mol. The van der Waals surface area contributed by atoms with Crippen molar-refractivity contribution in [1.29, 1.82) is 0 Å². The Labute approximate surface area is 177 Å². The number of rotatable bonds is 7. The summed E-state index contributed by atoms with van der Waals surface area (Å²) in [4.78, 5) is 0. The van der Waals surface area contributed by atoms with Crippen LogP contribution >= 0.6 is 0 Å². The third-order valence-corrected chi connectivity index (χ3v) is 7.74. The molecule has 4 atom stereocenters. The highest BCUT2D eigenvalue weighted by Gasteiger charge is 2.35. The summed E-state index contributed by atoms with van der Waals surface area (Å²) in [5.41, 5.74) is 4.13. The summed E-state index contributed by atoms with van der Waals surface area (Å²) in [5, 5.41) is 0. The van der Waals surface area contributed by atoms with Crippen LogP contribution in [-0.4, -0.2) is 7.11 Å². The van der Waals surface area contributed by atoms with Crippen LogP contribution in [0.2, 0.25) is 0 Å². The van der Waals surface area contributed by atoms with Crippen LogP contribution in [0, 0.1) is 17.8 Å². The van der Waals surface area contributed by atoms with E-state index in [0.717, 1.165) is 29.4 Å². The zero-order valence-corrected chi connectivity index (χ0v) is 18.4. The second-order valence-corrected chi connectivity index (χ2v) is 9.56. The van der Waals surface area contributed by atoms with Crippen molar-refractivity contribution in [3.8, 4) is 16.9 Å². The number of fused-ring (bicyclic) bond motifs is 1. The van der Waals surface area contributed by atoms with Gasteiger partial charge in [-0.15, -0.1) is 0 Å². The van der Waals surface area contributed by atoms with Crippen molar-refractivity contribution >= 4 is 0 Å². The molecular weight excluding hydrogens is 352 g/mol. The maximum Gasteiger partial charge on any atom is 0.118 e. The van der Waals surface area contributed by atoms with Crippen molar-refractivity contribution in [2.75, 3.05) is 7.11 Å². The molecule has 4 rings (SSSR count). The van der Waals surface area contributed by atoms with Gasteiger partial charge in [0.2, 0.25) is 0 Å². The molecule has 1 unspecified atom stereocenters. The standard InChI is InChI=1S/C28H38O/c1-3-4-5-6-21-7-8-27-20-26(14-13-25(27)19-21)24-11-9-22(10-12-24)23-15-17-28(29-2)18-16-23/h9-12,15-18,21,25-27H,3-8,13-14,19-20H2,1-2H3/t21?,25-,26-,27-/m1/s1. The minimum atomic E-state index is 0.776. The molecule has 2 aliphatic carbocycles. The summed E-state index contributed by atoms with van der Waals surface area (Å²) in [6.07, 6.45) is 14.5. The van der Waals surface area contributed by atoms with Gasteiger partial charge in [0.15, 0.2) is 0 Å². The van der Waals surface area contributed by atoms with Crippen LogP contribution < -0.4 is 4.74 Å². The molecule has 0 saturated heterocycles. The topological polar surface area (TPSA) is 9.23 Å². The summed E-state index contributed by atoms with van der Waals surface area (Å²) < 4.78 is 5.28. The van der Waals surface area contributed by atoms with Gasteiger partial charge in [-0.2, -0.15) is 0 Å². The Kier molecular flexibility index (Phi) is 6.95. The van der Waals surface area contributed by atoms with Gasteiger partial charge in [-0.25, -0.2) is 0 Å². The minimum absolute atomic E-state index is 0.776. The molecule has 156 valence electrons. The van der Waals surface area contributed by atoms with Gasteiger partial charge < -0.3 is 4.74 Å². The van der Waals surface area contributed by atoms with E-state index in [1.807, 2.05) is 12.1 Å². The molecule has 0 amide bonds. The number of ether oxygens (including phenoxy) is 1. The lowest BCUT2D eigenvalue weighted by Gasteiger charge is -2.42. The molecule has 2 aromatic rings. The molecule has 0 aromatic heterocycles. The van der Waals surface area contributed by atoms with E-state index in [4.69, 9.17) is 4.74 Å². The lowest BCUT2D eigenvalue weighted by molar-refractivity contribution is 0.113. The van der Waals surface area contributed by atoms with Gasteiger partial charge in [0.25, 0.3) is 0 Å². The first-order valence-electron chi connectivity index (χ1n) is 12.0. The Morgan fingerprint density at radius 2 is 1.41 bits per heavy atom. The zero-order chi connectivity index (χ0) is 20.1. The average molecular weight is 391 g/mol. The third-order valence-electron chi connectivity index (χ3n) is 7.74. The fraction of sp³-hybridized carbons (Fsp3) is 0.571. The van der Waals surface area contributed by atoms with Crippen LogP contribution in [0.15, 0.2) is 48.5 Å². The quantitative estimate of drug-likeness (QED) is 0.432. The van der Waals surface area contributed by atoms with Crippen LogP contribution in [0.3, 0.4) is 0 Å². The molecule has 2 aliphatic rings. The van der Waals surface area contributed by atoms with Crippen LogP contribution in [0.1, 0.15) is 82.6 Å². The SMILES string of the molecule is CCCCCC1CC[C@@H]2C[C@H](c3ccc(-c4ccc(OC)cc4)cc3)CC[C@@H]2C1. The van der Waals surface area contributed by atoms with Gasteiger partial charge in [-0.1, -0.05) is 75.4 Å². The molecule has 0 bridgehead atoms. The van der Waals surface area contributed by atoms with E-state index in [-0.39, 0.29) is 0 Å². The normalized spacial score (nSPS) is 26.7. The maximum absolute atomic E-state index is 5.28. The zero-order valence-electron chi connectivity index (χ0n) is 18.4. The van der Waals surface area contributed by atoms with Crippen molar-refractivity contribution in [3.05, 3.63) is 54.1 Å². The fourth-order valence-electron chi connectivity index (χ4n) is 5.97. The van der Waals surface area contributed by atoms with Crippen molar-refractivity contribution in [2.24, 2.45) is 17.8 Å². The van der Waals surface area contributed by atoms with Gasteiger partial charge in [0, 0.05) is 0 Å². The molecule has 1 nitrogen and oxygen atoms in total. The second kappa shape index (κ2) is 9.83. The summed E-state index contributed by atoms with van der Waals surface area (Å²) in [5.74, 6) is 4.73. The highest BCUT2D eigenvalue weighted by atomic mass is 16.5. The average Bonchev–Trinajstić information content (AvgIpc) is 2.79. The largest absolute Gasteiger partial charge is 0.497 e. The van der Waals surface area contributed by atoms with Crippen LogP contribution in [0.4, 0.5) is 0 Å². The molecule has 0 spiro atoms. The summed E-state index contributed by atoms with van der Waals surface area (Å²) in [6, 6.07) is 17.8. The summed E-state index contributed by atoms with van der Waals surface area (Å²) in [6.45, 7) is 2.32. The molecule has 2 fully saturated rings. The second-order valence-electron chi connectivity index (χ2n) is 9.56. The van der Waals surface area contributed by atoms with Crippen LogP contribution in [0.5, 0.6) is 5.75 Å². The number of hydrogen-bond acceptors (Lipinski definition) is 1. The molecule has 29 heavy (non-hydrogen) atoms. The Morgan fingerprint density at radius 3 is 2.10 bits per heavy atom. The molecule has 0 heterocycles. The van der Waals surface area contributed by atoms with Crippen molar-refractivity contribution in [3.63, 3.8) is 0 Å². The Hall–Kier alpha value is -1.76. The van der Waals surface area contributed by atoms with E-state index in [9.17, 15) is 0 Å². The van der Waals surface area contributed by atoms with E-state index in [2.05, 4.69) is 43.3 Å². The predicted octanol–water partition coefficient (Wildman–Crippen LogP) is 8.24. The summed E-state index contributed by atoms with van der Waals surface area (Å²) in [7, 11) is 1.72. The molecule has 0 N–H and O–H groups in total. The van der Waals surface area contributed by atoms with E-state index in [1.54, 1.807) is 12.7 Å². The predicted molar refractivity (Wildman–Crippen MR) is 123 cm³/mol. The first-order valence-corrected chi connectivity index (χ1v) is 12.0. The Balaban J connectivity index is 1.33. The van der Waals surface area contributed by atoms with Gasteiger partial charge in [0.1, 0.15) is 5.75 Å². The molecule has 2 saturated carbocycles.